The van der Waals surface area contributed by atoms with Gasteiger partial charge in [-0.15, -0.1) is 0 Å². The molecule has 138 valence electrons. The molecule has 1 aromatic heterocycles. The van der Waals surface area contributed by atoms with Gasteiger partial charge in [-0.1, -0.05) is 18.2 Å². The fourth-order valence-electron chi connectivity index (χ4n) is 2.61. The van der Waals surface area contributed by atoms with Crippen molar-refractivity contribution in [2.24, 2.45) is 7.05 Å². The minimum absolute atomic E-state index is 0.0891. The molecule has 0 saturated heterocycles. The summed E-state index contributed by atoms with van der Waals surface area (Å²) >= 11 is 0. The van der Waals surface area contributed by atoms with Crippen LogP contribution in [0.2, 0.25) is 0 Å². The van der Waals surface area contributed by atoms with Crippen LogP contribution in [0.15, 0.2) is 30.3 Å². The molecule has 0 aliphatic carbocycles. The van der Waals surface area contributed by atoms with Crippen molar-refractivity contribution in [2.45, 2.75) is 32.2 Å². The van der Waals surface area contributed by atoms with Gasteiger partial charge in [-0.05, 0) is 26.0 Å². The Morgan fingerprint density at radius 2 is 1.88 bits per heavy atom. The predicted molar refractivity (Wildman–Crippen MR) is 87.4 cm³/mol. The van der Waals surface area contributed by atoms with Gasteiger partial charge in [-0.2, -0.15) is 18.3 Å². The molecule has 1 heterocycles. The summed E-state index contributed by atoms with van der Waals surface area (Å²) in [6, 6.07) is 6.88. The van der Waals surface area contributed by atoms with Crippen molar-refractivity contribution in [3.8, 4) is 5.75 Å². The number of nitrogens with one attached hydrogen (secondary N) is 1. The smallest absolute Gasteiger partial charge is 0.408 e. The third-order valence-corrected chi connectivity index (χ3v) is 3.92. The van der Waals surface area contributed by atoms with Gasteiger partial charge in [-0.25, -0.2) is 0 Å². The molecule has 0 aliphatic rings. The molecule has 0 fully saturated rings. The lowest BCUT2D eigenvalue weighted by molar-refractivity contribution is -0.159. The molecule has 2 aromatic rings. The van der Waals surface area contributed by atoms with E-state index in [0.29, 0.717) is 17.1 Å². The highest BCUT2D eigenvalue weighted by molar-refractivity contribution is 5.29. The zero-order chi connectivity index (χ0) is 18.6. The lowest BCUT2D eigenvalue weighted by atomic mass is 10.0. The van der Waals surface area contributed by atoms with E-state index in [1.54, 1.807) is 38.2 Å². The first kappa shape index (κ1) is 19.3. The first-order valence-corrected chi connectivity index (χ1v) is 7.86. The number of ether oxygens (including phenoxy) is 1. The van der Waals surface area contributed by atoms with Gasteiger partial charge >= 0.3 is 6.18 Å². The van der Waals surface area contributed by atoms with E-state index in [2.05, 4.69) is 10.4 Å². The van der Waals surface area contributed by atoms with Crippen LogP contribution in [-0.4, -0.2) is 40.3 Å². The summed E-state index contributed by atoms with van der Waals surface area (Å²) in [4.78, 5) is 0. The van der Waals surface area contributed by atoms with Gasteiger partial charge in [0.05, 0.1) is 5.69 Å². The Hall–Kier alpha value is -2.06. The van der Waals surface area contributed by atoms with Crippen LogP contribution in [0.3, 0.4) is 0 Å². The molecule has 2 atom stereocenters. The molecule has 2 rings (SSSR count). The van der Waals surface area contributed by atoms with Gasteiger partial charge < -0.3 is 9.84 Å². The van der Waals surface area contributed by atoms with Crippen molar-refractivity contribution in [1.82, 2.24) is 15.1 Å². The van der Waals surface area contributed by atoms with Crippen LogP contribution < -0.4 is 10.1 Å². The standard InChI is InChI=1S/C17H22F3N3O2/c1-11-15(12(2)23(3)22-11)16(17(18,19)20)21-9-13(24)10-25-14-7-5-4-6-8-14/h4-8,13,16,21,24H,9-10H2,1-3H3/t13-,16+/m1/s1. The molecule has 0 amide bonds. The molecule has 2 N–H and O–H groups in total. The van der Waals surface area contributed by atoms with E-state index in [-0.39, 0.29) is 18.7 Å². The van der Waals surface area contributed by atoms with Gasteiger partial charge in [0.1, 0.15) is 24.5 Å². The largest absolute Gasteiger partial charge is 0.491 e. The first-order valence-electron chi connectivity index (χ1n) is 7.86. The Morgan fingerprint density at radius 3 is 2.40 bits per heavy atom. The van der Waals surface area contributed by atoms with E-state index in [1.165, 1.54) is 11.6 Å². The van der Waals surface area contributed by atoms with Crippen molar-refractivity contribution in [2.75, 3.05) is 13.2 Å². The Morgan fingerprint density at radius 1 is 1.24 bits per heavy atom. The summed E-state index contributed by atoms with van der Waals surface area (Å²) < 4.78 is 47.2. The summed E-state index contributed by atoms with van der Waals surface area (Å²) in [6.45, 7) is 2.76. The number of nitrogens with zero attached hydrogens (tertiary/aromatic N) is 2. The molecular weight excluding hydrogens is 335 g/mol. The topological polar surface area (TPSA) is 59.3 Å². The van der Waals surface area contributed by atoms with E-state index in [1.807, 2.05) is 6.07 Å². The Labute approximate surface area is 144 Å². The van der Waals surface area contributed by atoms with Gasteiger partial charge in [0.15, 0.2) is 0 Å². The SMILES string of the molecule is Cc1nn(C)c(C)c1[C@H](NC[C@@H](O)COc1ccccc1)C(F)(F)F. The summed E-state index contributed by atoms with van der Waals surface area (Å²) in [7, 11) is 1.60. The molecule has 0 aliphatic heterocycles. The zero-order valence-corrected chi connectivity index (χ0v) is 14.3. The first-order chi connectivity index (χ1) is 11.7. The van der Waals surface area contributed by atoms with Crippen LogP contribution in [0.5, 0.6) is 5.75 Å². The molecule has 0 unspecified atom stereocenters. The number of para-hydroxylation sites is 1. The Balaban J connectivity index is 2.01. The average molecular weight is 357 g/mol. The fraction of sp³-hybridized carbons (Fsp3) is 0.471. The third kappa shape index (κ3) is 4.96. The van der Waals surface area contributed by atoms with E-state index in [4.69, 9.17) is 4.74 Å². The number of rotatable bonds is 7. The second kappa shape index (κ2) is 7.88. The molecule has 25 heavy (non-hydrogen) atoms. The number of halogens is 3. The molecule has 8 heteroatoms. The number of hydrogen-bond acceptors (Lipinski definition) is 4. The Kier molecular flexibility index (Phi) is 6.07. The van der Waals surface area contributed by atoms with E-state index >= 15 is 0 Å². The van der Waals surface area contributed by atoms with Crippen molar-refractivity contribution in [1.29, 1.82) is 0 Å². The van der Waals surface area contributed by atoms with Gasteiger partial charge in [0.25, 0.3) is 0 Å². The zero-order valence-electron chi connectivity index (χ0n) is 14.3. The number of aliphatic hydroxyl groups is 1. The van der Waals surface area contributed by atoms with Gasteiger partial charge in [0, 0.05) is 24.8 Å². The number of aryl methyl sites for hydroxylation is 2. The minimum atomic E-state index is -4.50. The highest BCUT2D eigenvalue weighted by Gasteiger charge is 2.43. The molecule has 0 spiro atoms. The van der Waals surface area contributed by atoms with E-state index in [0.717, 1.165) is 0 Å². The third-order valence-electron chi connectivity index (χ3n) is 3.92. The summed E-state index contributed by atoms with van der Waals surface area (Å²) in [6.07, 6.45) is -5.58. The maximum atomic E-state index is 13.5. The quantitative estimate of drug-likeness (QED) is 0.800. The number of alkyl halides is 3. The lowest BCUT2D eigenvalue weighted by Gasteiger charge is -2.24. The number of aliphatic hydroxyl groups excluding tert-OH is 1. The number of aromatic nitrogens is 2. The van der Waals surface area contributed by atoms with Gasteiger partial charge in [-0.3, -0.25) is 10.00 Å². The molecule has 0 bridgehead atoms. The van der Waals surface area contributed by atoms with E-state index < -0.39 is 18.3 Å². The maximum absolute atomic E-state index is 13.5. The molecule has 1 aromatic carbocycles. The summed E-state index contributed by atoms with van der Waals surface area (Å²) in [5, 5.41) is 16.4. The van der Waals surface area contributed by atoms with Crippen molar-refractivity contribution < 1.29 is 23.0 Å². The number of hydrogen-bond donors (Lipinski definition) is 2. The molecular formula is C17H22F3N3O2. The predicted octanol–water partition coefficient (Wildman–Crippen LogP) is 2.67. The maximum Gasteiger partial charge on any atom is 0.408 e. The average Bonchev–Trinajstić information content (AvgIpc) is 2.79. The fourth-order valence-corrected chi connectivity index (χ4v) is 2.61. The second-order valence-electron chi connectivity index (χ2n) is 5.87. The van der Waals surface area contributed by atoms with Crippen LogP contribution in [-0.2, 0) is 7.05 Å². The monoisotopic (exact) mass is 357 g/mol. The lowest BCUT2D eigenvalue weighted by Crippen LogP contribution is -2.40. The van der Waals surface area contributed by atoms with Crippen LogP contribution >= 0.6 is 0 Å². The molecule has 0 radical (unpaired) electrons. The normalized spacial score (nSPS) is 14.4. The van der Waals surface area contributed by atoms with Gasteiger partial charge in [0.2, 0.25) is 0 Å². The molecule has 5 nitrogen and oxygen atoms in total. The number of benzene rings is 1. The molecule has 0 saturated carbocycles. The van der Waals surface area contributed by atoms with Crippen molar-refractivity contribution >= 4 is 0 Å². The Bertz CT molecular complexity index is 686. The van der Waals surface area contributed by atoms with Crippen LogP contribution in [0.1, 0.15) is 23.0 Å². The highest BCUT2D eigenvalue weighted by atomic mass is 19.4. The minimum Gasteiger partial charge on any atom is -0.491 e. The van der Waals surface area contributed by atoms with Crippen molar-refractivity contribution in [3.05, 3.63) is 47.3 Å². The highest BCUT2D eigenvalue weighted by Crippen LogP contribution is 2.35. The van der Waals surface area contributed by atoms with Crippen LogP contribution in [0, 0.1) is 13.8 Å². The van der Waals surface area contributed by atoms with Crippen molar-refractivity contribution in [3.63, 3.8) is 0 Å². The van der Waals surface area contributed by atoms with Crippen LogP contribution in [0.25, 0.3) is 0 Å². The summed E-state index contributed by atoms with van der Waals surface area (Å²) in [5.41, 5.74) is 0.832. The van der Waals surface area contributed by atoms with Crippen LogP contribution in [0.4, 0.5) is 13.2 Å². The summed E-state index contributed by atoms with van der Waals surface area (Å²) in [5.74, 6) is 0.549. The van der Waals surface area contributed by atoms with E-state index in [9.17, 15) is 18.3 Å². The second-order valence-corrected chi connectivity index (χ2v) is 5.87.